The summed E-state index contributed by atoms with van der Waals surface area (Å²) in [4.78, 5) is 16.6. The van der Waals surface area contributed by atoms with E-state index in [1.807, 2.05) is 72.8 Å². The van der Waals surface area contributed by atoms with E-state index in [1.54, 1.807) is 18.2 Å². The summed E-state index contributed by atoms with van der Waals surface area (Å²) in [7, 11) is 0. The summed E-state index contributed by atoms with van der Waals surface area (Å²) in [5, 5.41) is 1.73. The highest BCUT2D eigenvalue weighted by atomic mass is 35.5. The second-order valence-corrected chi connectivity index (χ2v) is 7.22. The molecule has 4 rings (SSSR count). The van der Waals surface area contributed by atoms with Gasteiger partial charge in [-0.2, -0.15) is 0 Å². The smallest absolute Gasteiger partial charge is 0.249 e. The molecule has 5 heteroatoms. The maximum atomic E-state index is 12.0. The van der Waals surface area contributed by atoms with Gasteiger partial charge in [0.2, 0.25) is 5.91 Å². The van der Waals surface area contributed by atoms with Gasteiger partial charge in [0, 0.05) is 16.0 Å². The monoisotopic (exact) mass is 414 g/mol. The van der Waals surface area contributed by atoms with Gasteiger partial charge in [-0.05, 0) is 53.6 Å². The predicted molar refractivity (Wildman–Crippen MR) is 121 cm³/mol. The Morgan fingerprint density at radius 1 is 0.933 bits per heavy atom. The summed E-state index contributed by atoms with van der Waals surface area (Å²) in [6.45, 7) is 0.355. The van der Waals surface area contributed by atoms with Crippen molar-refractivity contribution in [1.82, 2.24) is 4.98 Å². The summed E-state index contributed by atoms with van der Waals surface area (Å²) < 4.78 is 5.85. The van der Waals surface area contributed by atoms with Gasteiger partial charge in [-0.3, -0.25) is 4.79 Å². The molecule has 148 valence electrons. The van der Waals surface area contributed by atoms with Crippen LogP contribution in [0.5, 0.6) is 5.75 Å². The minimum absolute atomic E-state index is 0.355. The first-order valence-electron chi connectivity index (χ1n) is 9.43. The number of rotatable bonds is 6. The number of para-hydroxylation sites is 1. The van der Waals surface area contributed by atoms with Gasteiger partial charge in [-0.1, -0.05) is 60.1 Å². The minimum atomic E-state index is -0.501. The number of pyridine rings is 1. The molecule has 3 aromatic carbocycles. The number of aromatic nitrogens is 1. The lowest BCUT2D eigenvalue weighted by Gasteiger charge is -2.09. The van der Waals surface area contributed by atoms with Crippen molar-refractivity contribution in [2.75, 3.05) is 0 Å². The fourth-order valence-corrected chi connectivity index (χ4v) is 3.23. The molecular formula is C25H19ClN2O2. The van der Waals surface area contributed by atoms with Crippen LogP contribution in [0.2, 0.25) is 5.02 Å². The Balaban J connectivity index is 1.49. The maximum absolute atomic E-state index is 12.0. The molecular weight excluding hydrogens is 396 g/mol. The van der Waals surface area contributed by atoms with Crippen LogP contribution in [0.15, 0.2) is 84.9 Å². The number of hydrogen-bond donors (Lipinski definition) is 1. The van der Waals surface area contributed by atoms with E-state index < -0.39 is 5.91 Å². The normalized spacial score (nSPS) is 11.4. The van der Waals surface area contributed by atoms with E-state index in [0.717, 1.165) is 22.2 Å². The van der Waals surface area contributed by atoms with Crippen LogP contribution < -0.4 is 10.5 Å². The van der Waals surface area contributed by atoms with Crippen LogP contribution in [0.25, 0.3) is 22.6 Å². The fraction of sp³-hybridized carbons (Fsp3) is 0.0400. The van der Waals surface area contributed by atoms with Crippen LogP contribution in [-0.2, 0) is 11.4 Å². The fourth-order valence-electron chi connectivity index (χ4n) is 3.10. The lowest BCUT2D eigenvalue weighted by atomic mass is 10.0. The molecule has 1 heterocycles. The van der Waals surface area contributed by atoms with Gasteiger partial charge in [0.1, 0.15) is 12.4 Å². The number of benzene rings is 3. The largest absolute Gasteiger partial charge is 0.487 e. The molecule has 0 unspecified atom stereocenters. The molecule has 0 radical (unpaired) electrons. The van der Waals surface area contributed by atoms with Crippen LogP contribution in [0.1, 0.15) is 16.8 Å². The van der Waals surface area contributed by atoms with Crippen molar-refractivity contribution in [3.63, 3.8) is 0 Å². The first-order valence-corrected chi connectivity index (χ1v) is 9.81. The molecule has 2 N–H and O–H groups in total. The van der Waals surface area contributed by atoms with Crippen LogP contribution >= 0.6 is 11.6 Å². The quantitative estimate of drug-likeness (QED) is 0.335. The van der Waals surface area contributed by atoms with Crippen molar-refractivity contribution in [1.29, 1.82) is 0 Å². The Hall–Kier alpha value is -3.63. The zero-order valence-corrected chi connectivity index (χ0v) is 16.8. The number of nitrogens with two attached hydrogens (primary N) is 1. The van der Waals surface area contributed by atoms with E-state index in [1.165, 1.54) is 0 Å². The van der Waals surface area contributed by atoms with E-state index >= 15 is 0 Å². The van der Waals surface area contributed by atoms with Gasteiger partial charge < -0.3 is 10.5 Å². The zero-order chi connectivity index (χ0) is 20.9. The number of carbonyl (C=O) groups excluding carboxylic acids is 1. The van der Waals surface area contributed by atoms with E-state index in [4.69, 9.17) is 22.1 Å². The molecule has 1 amide bonds. The number of halogens is 1. The van der Waals surface area contributed by atoms with Crippen molar-refractivity contribution in [3.8, 4) is 5.75 Å². The van der Waals surface area contributed by atoms with Crippen molar-refractivity contribution >= 4 is 40.1 Å². The highest BCUT2D eigenvalue weighted by Gasteiger charge is 2.09. The molecule has 0 fully saturated rings. The van der Waals surface area contributed by atoms with E-state index in [9.17, 15) is 4.79 Å². The summed E-state index contributed by atoms with van der Waals surface area (Å²) in [6.07, 6.45) is 1.74. The Kier molecular flexibility index (Phi) is 5.77. The summed E-state index contributed by atoms with van der Waals surface area (Å²) in [6, 6.07) is 26.4. The predicted octanol–water partition coefficient (Wildman–Crippen LogP) is 5.49. The number of ether oxygens (including phenoxy) is 1. The number of fused-ring (bicyclic) bond motifs is 1. The van der Waals surface area contributed by atoms with E-state index in [-0.39, 0.29) is 0 Å². The van der Waals surface area contributed by atoms with Gasteiger partial charge in [0.05, 0.1) is 11.2 Å². The highest BCUT2D eigenvalue weighted by molar-refractivity contribution is 6.30. The van der Waals surface area contributed by atoms with Gasteiger partial charge in [-0.25, -0.2) is 4.98 Å². The molecule has 0 aliphatic carbocycles. The molecule has 0 saturated heterocycles. The Labute approximate surface area is 179 Å². The third-order valence-electron chi connectivity index (χ3n) is 4.65. The second kappa shape index (κ2) is 8.80. The van der Waals surface area contributed by atoms with Crippen LogP contribution in [-0.4, -0.2) is 10.9 Å². The first-order chi connectivity index (χ1) is 14.6. The van der Waals surface area contributed by atoms with Gasteiger partial charge in [-0.15, -0.1) is 0 Å². The molecule has 30 heavy (non-hydrogen) atoms. The minimum Gasteiger partial charge on any atom is -0.487 e. The lowest BCUT2D eigenvalue weighted by Crippen LogP contribution is -2.12. The number of primary amides is 1. The first kappa shape index (κ1) is 19.7. The van der Waals surface area contributed by atoms with Crippen molar-refractivity contribution in [3.05, 3.63) is 107 Å². The Morgan fingerprint density at radius 3 is 2.40 bits per heavy atom. The molecule has 1 aromatic heterocycles. The molecule has 0 atom stereocenters. The number of hydrogen-bond acceptors (Lipinski definition) is 3. The highest BCUT2D eigenvalue weighted by Crippen LogP contribution is 2.23. The maximum Gasteiger partial charge on any atom is 0.249 e. The molecule has 0 aliphatic rings. The van der Waals surface area contributed by atoms with Crippen LogP contribution in [0, 0.1) is 0 Å². The summed E-state index contributed by atoms with van der Waals surface area (Å²) >= 11 is 5.92. The van der Waals surface area contributed by atoms with E-state index in [2.05, 4.69) is 4.98 Å². The van der Waals surface area contributed by atoms with Gasteiger partial charge >= 0.3 is 0 Å². The van der Waals surface area contributed by atoms with E-state index in [0.29, 0.717) is 28.5 Å². The standard InChI is InChI=1S/C25H19ClN2O2/c26-20-10-5-17(6-11-20)15-23(25(27)29)18-8-13-22(14-9-18)30-16-21-12-7-19-3-1-2-4-24(19)28-21/h1-15H,16H2,(H2,27,29). The van der Waals surface area contributed by atoms with Crippen LogP contribution in [0.4, 0.5) is 0 Å². The molecule has 0 saturated carbocycles. The molecule has 4 nitrogen and oxygen atoms in total. The van der Waals surface area contributed by atoms with Crippen molar-refractivity contribution in [2.45, 2.75) is 6.61 Å². The Morgan fingerprint density at radius 2 is 1.67 bits per heavy atom. The van der Waals surface area contributed by atoms with Crippen molar-refractivity contribution in [2.24, 2.45) is 5.73 Å². The lowest BCUT2D eigenvalue weighted by molar-refractivity contribution is -0.112. The number of carbonyl (C=O) groups is 1. The average molecular weight is 415 g/mol. The van der Waals surface area contributed by atoms with Crippen LogP contribution in [0.3, 0.4) is 0 Å². The number of amides is 1. The topological polar surface area (TPSA) is 65.2 Å². The van der Waals surface area contributed by atoms with Crippen molar-refractivity contribution < 1.29 is 9.53 Å². The molecule has 4 aromatic rings. The van der Waals surface area contributed by atoms with Gasteiger partial charge in [0.15, 0.2) is 0 Å². The number of nitrogens with zero attached hydrogens (tertiary/aromatic N) is 1. The summed E-state index contributed by atoms with van der Waals surface area (Å²) in [5.41, 5.74) is 9.35. The molecule has 0 spiro atoms. The third-order valence-corrected chi connectivity index (χ3v) is 4.91. The Bertz CT molecular complexity index is 1220. The molecule has 0 bridgehead atoms. The summed E-state index contributed by atoms with van der Waals surface area (Å²) in [5.74, 6) is 0.183. The zero-order valence-electron chi connectivity index (χ0n) is 16.1. The average Bonchev–Trinajstić information content (AvgIpc) is 2.77. The SMILES string of the molecule is NC(=O)C(=Cc1ccc(Cl)cc1)c1ccc(OCc2ccc3ccccc3n2)cc1. The molecule has 0 aliphatic heterocycles. The second-order valence-electron chi connectivity index (χ2n) is 6.78. The third kappa shape index (κ3) is 4.67. The van der Waals surface area contributed by atoms with Gasteiger partial charge in [0.25, 0.3) is 0 Å².